The fourth-order valence-electron chi connectivity index (χ4n) is 2.14. The van der Waals surface area contributed by atoms with Crippen molar-refractivity contribution in [2.24, 2.45) is 0 Å². The van der Waals surface area contributed by atoms with Gasteiger partial charge in [-0.3, -0.25) is 4.68 Å². The van der Waals surface area contributed by atoms with Crippen molar-refractivity contribution < 1.29 is 0 Å². The normalized spacial score (nSPS) is 11.3. The van der Waals surface area contributed by atoms with E-state index in [9.17, 15) is 0 Å². The predicted molar refractivity (Wildman–Crippen MR) is 79.1 cm³/mol. The molecule has 1 N–H and O–H groups in total. The summed E-state index contributed by atoms with van der Waals surface area (Å²) in [5.74, 6) is 0. The highest BCUT2D eigenvalue weighted by atomic mass is 35.5. The first kappa shape index (κ1) is 12.4. The van der Waals surface area contributed by atoms with Gasteiger partial charge < -0.3 is 9.55 Å². The maximum absolute atomic E-state index is 6.04. The molecule has 0 aliphatic heterocycles. The van der Waals surface area contributed by atoms with Crippen LogP contribution in [0.15, 0.2) is 30.6 Å². The van der Waals surface area contributed by atoms with Crippen molar-refractivity contribution in [2.45, 2.75) is 20.0 Å². The van der Waals surface area contributed by atoms with E-state index in [0.29, 0.717) is 9.79 Å². The molecule has 0 bridgehead atoms. The Hall–Kier alpha value is -1.59. The van der Waals surface area contributed by atoms with Crippen LogP contribution in [0.5, 0.6) is 0 Å². The van der Waals surface area contributed by atoms with Crippen molar-refractivity contribution in [1.82, 2.24) is 19.3 Å². The predicted octanol–water partition coefficient (Wildman–Crippen LogP) is 3.56. The molecule has 19 heavy (non-hydrogen) atoms. The van der Waals surface area contributed by atoms with E-state index in [-0.39, 0.29) is 0 Å². The first-order valence-corrected chi connectivity index (χ1v) is 6.79. The molecule has 0 radical (unpaired) electrons. The minimum Gasteiger partial charge on any atom is -0.331 e. The first-order valence-electron chi connectivity index (χ1n) is 6.00. The summed E-state index contributed by atoms with van der Waals surface area (Å²) in [7, 11) is 0. The Morgan fingerprint density at radius 3 is 2.95 bits per heavy atom. The number of halogens is 1. The van der Waals surface area contributed by atoms with E-state index in [1.165, 1.54) is 0 Å². The van der Waals surface area contributed by atoms with Crippen LogP contribution in [0.1, 0.15) is 5.56 Å². The van der Waals surface area contributed by atoms with Gasteiger partial charge in [0.05, 0.1) is 23.8 Å². The van der Waals surface area contributed by atoms with Crippen LogP contribution in [-0.2, 0) is 13.1 Å². The number of nitrogens with one attached hydrogen (secondary N) is 1. The standard InChI is InChI=1S/C13H13ClN4S/c1-9-7-15-17(8-9)4-5-18-12-6-10(14)2-3-11(12)16-13(18)19/h2-3,6-8H,4-5H2,1H3,(H,16,19). The zero-order chi connectivity index (χ0) is 13.4. The number of aromatic nitrogens is 4. The number of benzene rings is 1. The van der Waals surface area contributed by atoms with E-state index in [1.807, 2.05) is 46.8 Å². The zero-order valence-electron chi connectivity index (χ0n) is 10.4. The van der Waals surface area contributed by atoms with Crippen LogP contribution in [0, 0.1) is 11.7 Å². The number of hydrogen-bond acceptors (Lipinski definition) is 2. The fraction of sp³-hybridized carbons (Fsp3) is 0.231. The monoisotopic (exact) mass is 292 g/mol. The molecule has 0 fully saturated rings. The van der Waals surface area contributed by atoms with Crippen LogP contribution in [0.4, 0.5) is 0 Å². The largest absolute Gasteiger partial charge is 0.331 e. The van der Waals surface area contributed by atoms with Crippen molar-refractivity contribution in [1.29, 1.82) is 0 Å². The zero-order valence-corrected chi connectivity index (χ0v) is 12.0. The Morgan fingerprint density at radius 1 is 1.37 bits per heavy atom. The fourth-order valence-corrected chi connectivity index (χ4v) is 2.61. The van der Waals surface area contributed by atoms with Crippen molar-refractivity contribution in [2.75, 3.05) is 0 Å². The lowest BCUT2D eigenvalue weighted by Crippen LogP contribution is -2.07. The molecule has 0 saturated carbocycles. The Balaban J connectivity index is 1.94. The van der Waals surface area contributed by atoms with Gasteiger partial charge in [-0.25, -0.2) is 0 Å². The third-order valence-electron chi connectivity index (χ3n) is 3.05. The summed E-state index contributed by atoms with van der Waals surface area (Å²) in [6, 6.07) is 5.73. The number of aromatic amines is 1. The molecule has 98 valence electrons. The van der Waals surface area contributed by atoms with Gasteiger partial charge in [0.1, 0.15) is 0 Å². The summed E-state index contributed by atoms with van der Waals surface area (Å²) >= 11 is 11.4. The lowest BCUT2D eigenvalue weighted by molar-refractivity contribution is 0.537. The van der Waals surface area contributed by atoms with Gasteiger partial charge in [-0.1, -0.05) is 11.6 Å². The third-order valence-corrected chi connectivity index (χ3v) is 3.61. The molecule has 0 saturated heterocycles. The molecule has 0 aliphatic rings. The quantitative estimate of drug-likeness (QED) is 0.750. The molecular weight excluding hydrogens is 280 g/mol. The van der Waals surface area contributed by atoms with Gasteiger partial charge in [0.25, 0.3) is 0 Å². The van der Waals surface area contributed by atoms with Gasteiger partial charge in [0.2, 0.25) is 0 Å². The first-order chi connectivity index (χ1) is 9.13. The van der Waals surface area contributed by atoms with Gasteiger partial charge in [-0.05, 0) is 42.9 Å². The van der Waals surface area contributed by atoms with Crippen molar-refractivity contribution in [3.8, 4) is 0 Å². The van der Waals surface area contributed by atoms with Crippen LogP contribution in [0.25, 0.3) is 11.0 Å². The summed E-state index contributed by atoms with van der Waals surface area (Å²) in [6.07, 6.45) is 3.87. The molecule has 3 aromatic rings. The summed E-state index contributed by atoms with van der Waals surface area (Å²) in [5.41, 5.74) is 3.19. The highest BCUT2D eigenvalue weighted by Gasteiger charge is 2.05. The van der Waals surface area contributed by atoms with Crippen LogP contribution >= 0.6 is 23.8 Å². The average molecular weight is 293 g/mol. The second-order valence-electron chi connectivity index (χ2n) is 4.52. The maximum Gasteiger partial charge on any atom is 0.178 e. The molecule has 0 spiro atoms. The molecule has 0 unspecified atom stereocenters. The smallest absolute Gasteiger partial charge is 0.178 e. The van der Waals surface area contributed by atoms with Gasteiger partial charge in [-0.2, -0.15) is 5.10 Å². The lowest BCUT2D eigenvalue weighted by Gasteiger charge is -2.05. The molecule has 2 heterocycles. The number of aryl methyl sites for hydroxylation is 3. The summed E-state index contributed by atoms with van der Waals surface area (Å²) in [5, 5.41) is 4.99. The number of hydrogen-bond donors (Lipinski definition) is 1. The molecule has 1 aromatic carbocycles. The number of H-pyrrole nitrogens is 1. The molecule has 0 atom stereocenters. The summed E-state index contributed by atoms with van der Waals surface area (Å²) < 4.78 is 4.68. The Morgan fingerprint density at radius 2 is 2.21 bits per heavy atom. The Kier molecular flexibility index (Phi) is 3.16. The number of rotatable bonds is 3. The van der Waals surface area contributed by atoms with Gasteiger partial charge >= 0.3 is 0 Å². The third kappa shape index (κ3) is 2.43. The van der Waals surface area contributed by atoms with Crippen LogP contribution in [0.3, 0.4) is 0 Å². The molecular formula is C13H13ClN4S. The molecule has 6 heteroatoms. The van der Waals surface area contributed by atoms with E-state index in [0.717, 1.165) is 29.7 Å². The minimum atomic E-state index is 0.709. The molecule has 0 amide bonds. The molecule has 4 nitrogen and oxygen atoms in total. The van der Waals surface area contributed by atoms with Crippen LogP contribution < -0.4 is 0 Å². The average Bonchev–Trinajstić information content (AvgIpc) is 2.90. The van der Waals surface area contributed by atoms with Crippen molar-refractivity contribution >= 4 is 34.9 Å². The Bertz CT molecular complexity index is 783. The number of fused-ring (bicyclic) bond motifs is 1. The van der Waals surface area contributed by atoms with Crippen LogP contribution in [-0.4, -0.2) is 19.3 Å². The SMILES string of the molecule is Cc1cnn(CCn2c(=S)[nH]c3ccc(Cl)cc32)c1. The van der Waals surface area contributed by atoms with E-state index in [4.69, 9.17) is 23.8 Å². The molecule has 3 rings (SSSR count). The number of imidazole rings is 1. The van der Waals surface area contributed by atoms with Gasteiger partial charge in [0, 0.05) is 17.8 Å². The maximum atomic E-state index is 6.04. The van der Waals surface area contributed by atoms with Crippen LogP contribution in [0.2, 0.25) is 5.02 Å². The van der Waals surface area contributed by atoms with Gasteiger partial charge in [0.15, 0.2) is 4.77 Å². The summed E-state index contributed by atoms with van der Waals surface area (Å²) in [4.78, 5) is 3.19. The molecule has 0 aliphatic carbocycles. The molecule has 2 aromatic heterocycles. The minimum absolute atomic E-state index is 0.709. The van der Waals surface area contributed by atoms with E-state index in [1.54, 1.807) is 0 Å². The highest BCUT2D eigenvalue weighted by Crippen LogP contribution is 2.19. The van der Waals surface area contributed by atoms with Gasteiger partial charge in [-0.15, -0.1) is 0 Å². The second-order valence-corrected chi connectivity index (χ2v) is 5.35. The van der Waals surface area contributed by atoms with Crippen molar-refractivity contribution in [3.63, 3.8) is 0 Å². The van der Waals surface area contributed by atoms with Crippen molar-refractivity contribution in [3.05, 3.63) is 45.9 Å². The van der Waals surface area contributed by atoms with E-state index in [2.05, 4.69) is 10.1 Å². The number of nitrogens with zero attached hydrogens (tertiary/aromatic N) is 3. The second kappa shape index (κ2) is 4.83. The topological polar surface area (TPSA) is 38.5 Å². The summed E-state index contributed by atoms with van der Waals surface area (Å²) in [6.45, 7) is 3.57. The highest BCUT2D eigenvalue weighted by molar-refractivity contribution is 7.71. The van der Waals surface area contributed by atoms with E-state index < -0.39 is 0 Å². The lowest BCUT2D eigenvalue weighted by atomic mass is 10.3. The Labute approximate surface area is 120 Å². The van der Waals surface area contributed by atoms with E-state index >= 15 is 0 Å².